The number of nitrogens with zero attached hydrogens (tertiary/aromatic N) is 2. The Bertz CT molecular complexity index is 455. The molecule has 22 heavy (non-hydrogen) atoms. The highest BCUT2D eigenvalue weighted by molar-refractivity contribution is 5.81. The number of carbonyl (C=O) groups excluding carboxylic acids is 1. The van der Waals surface area contributed by atoms with Gasteiger partial charge in [-0.1, -0.05) is 25.1 Å². The molecule has 1 unspecified atom stereocenters. The third kappa shape index (κ3) is 4.73. The third-order valence-electron chi connectivity index (χ3n) is 4.57. The van der Waals surface area contributed by atoms with E-state index in [9.17, 15) is 4.79 Å². The van der Waals surface area contributed by atoms with Gasteiger partial charge in [0, 0.05) is 19.6 Å². The molecule has 1 atom stereocenters. The standard InChI is InChI=1S/C18H28N2O2/c1-15-9-11-20(12-10-15)18(21)16(2)19(3)13-14-22-17-7-5-4-6-8-17/h4-8,15-16H,9-14H2,1-3H3. The Labute approximate surface area is 134 Å². The summed E-state index contributed by atoms with van der Waals surface area (Å²) >= 11 is 0. The van der Waals surface area contributed by atoms with Crippen molar-refractivity contribution >= 4 is 5.91 Å². The summed E-state index contributed by atoms with van der Waals surface area (Å²) in [4.78, 5) is 16.6. The van der Waals surface area contributed by atoms with Crippen molar-refractivity contribution in [3.8, 4) is 5.75 Å². The first-order valence-electron chi connectivity index (χ1n) is 8.25. The van der Waals surface area contributed by atoms with Crippen molar-refractivity contribution < 1.29 is 9.53 Å². The zero-order chi connectivity index (χ0) is 15.9. The van der Waals surface area contributed by atoms with Crippen LogP contribution < -0.4 is 4.74 Å². The van der Waals surface area contributed by atoms with E-state index in [1.807, 2.05) is 49.2 Å². The van der Waals surface area contributed by atoms with Gasteiger partial charge in [-0.25, -0.2) is 0 Å². The third-order valence-corrected chi connectivity index (χ3v) is 4.57. The number of hydrogen-bond acceptors (Lipinski definition) is 3. The van der Waals surface area contributed by atoms with E-state index in [4.69, 9.17) is 4.74 Å². The summed E-state index contributed by atoms with van der Waals surface area (Å²) in [7, 11) is 1.99. The Hall–Kier alpha value is -1.55. The maximum atomic E-state index is 12.5. The topological polar surface area (TPSA) is 32.8 Å². The van der Waals surface area contributed by atoms with Crippen molar-refractivity contribution in [1.82, 2.24) is 9.80 Å². The van der Waals surface area contributed by atoms with Crippen LogP contribution in [-0.2, 0) is 4.79 Å². The average Bonchev–Trinajstić information content (AvgIpc) is 2.55. The van der Waals surface area contributed by atoms with Crippen molar-refractivity contribution in [1.29, 1.82) is 0 Å². The molecule has 1 saturated heterocycles. The van der Waals surface area contributed by atoms with Gasteiger partial charge in [-0.05, 0) is 44.9 Å². The van der Waals surface area contributed by atoms with E-state index in [0.717, 1.165) is 44.1 Å². The molecule has 0 N–H and O–H groups in total. The predicted molar refractivity (Wildman–Crippen MR) is 89.0 cm³/mol. The van der Waals surface area contributed by atoms with Crippen LogP contribution in [0.2, 0.25) is 0 Å². The maximum Gasteiger partial charge on any atom is 0.239 e. The summed E-state index contributed by atoms with van der Waals surface area (Å²) in [5.41, 5.74) is 0. The van der Waals surface area contributed by atoms with E-state index in [1.54, 1.807) is 0 Å². The average molecular weight is 304 g/mol. The Morgan fingerprint density at radius 1 is 1.32 bits per heavy atom. The minimum Gasteiger partial charge on any atom is -0.492 e. The lowest BCUT2D eigenvalue weighted by Gasteiger charge is -2.34. The highest BCUT2D eigenvalue weighted by Gasteiger charge is 2.26. The minimum atomic E-state index is -0.0900. The van der Waals surface area contributed by atoms with Crippen LogP contribution in [0.25, 0.3) is 0 Å². The van der Waals surface area contributed by atoms with E-state index in [-0.39, 0.29) is 11.9 Å². The molecule has 1 aliphatic rings. The number of amides is 1. The Morgan fingerprint density at radius 2 is 1.95 bits per heavy atom. The molecule has 4 heteroatoms. The van der Waals surface area contributed by atoms with Gasteiger partial charge in [0.2, 0.25) is 5.91 Å². The zero-order valence-electron chi connectivity index (χ0n) is 14.0. The number of carbonyl (C=O) groups is 1. The van der Waals surface area contributed by atoms with Gasteiger partial charge in [0.1, 0.15) is 12.4 Å². The van der Waals surface area contributed by atoms with Crippen molar-refractivity contribution in [2.24, 2.45) is 5.92 Å². The fraction of sp³-hybridized carbons (Fsp3) is 0.611. The number of rotatable bonds is 6. The molecular weight excluding hydrogens is 276 g/mol. The van der Waals surface area contributed by atoms with Crippen molar-refractivity contribution in [3.63, 3.8) is 0 Å². The second kappa shape index (κ2) is 8.18. The normalized spacial score (nSPS) is 17.5. The smallest absolute Gasteiger partial charge is 0.239 e. The SMILES string of the molecule is CC1CCN(C(=O)C(C)N(C)CCOc2ccccc2)CC1. The molecule has 0 spiro atoms. The molecule has 0 aromatic heterocycles. The zero-order valence-corrected chi connectivity index (χ0v) is 14.0. The van der Waals surface area contributed by atoms with E-state index in [0.29, 0.717) is 6.61 Å². The monoisotopic (exact) mass is 304 g/mol. The highest BCUT2D eigenvalue weighted by atomic mass is 16.5. The van der Waals surface area contributed by atoms with E-state index >= 15 is 0 Å². The van der Waals surface area contributed by atoms with Gasteiger partial charge in [-0.15, -0.1) is 0 Å². The Balaban J connectivity index is 1.74. The molecule has 122 valence electrons. The van der Waals surface area contributed by atoms with Crippen LogP contribution in [0, 0.1) is 5.92 Å². The summed E-state index contributed by atoms with van der Waals surface area (Å²) < 4.78 is 5.70. The van der Waals surface area contributed by atoms with Crippen LogP contribution in [0.4, 0.5) is 0 Å². The van der Waals surface area contributed by atoms with E-state index < -0.39 is 0 Å². The quantitative estimate of drug-likeness (QED) is 0.810. The van der Waals surface area contributed by atoms with Crippen molar-refractivity contribution in [2.45, 2.75) is 32.7 Å². The lowest BCUT2D eigenvalue weighted by atomic mass is 9.99. The molecule has 0 aliphatic carbocycles. The van der Waals surface area contributed by atoms with Crippen LogP contribution >= 0.6 is 0 Å². The summed E-state index contributed by atoms with van der Waals surface area (Å²) in [5, 5.41) is 0. The molecular formula is C18H28N2O2. The number of likely N-dealkylation sites (tertiary alicyclic amines) is 1. The first-order chi connectivity index (χ1) is 10.6. The number of piperidine rings is 1. The second-order valence-corrected chi connectivity index (χ2v) is 6.33. The van der Waals surface area contributed by atoms with Gasteiger partial charge in [0.05, 0.1) is 6.04 Å². The molecule has 4 nitrogen and oxygen atoms in total. The molecule has 1 aromatic rings. The fourth-order valence-corrected chi connectivity index (χ4v) is 2.70. The summed E-state index contributed by atoms with van der Waals surface area (Å²) in [6, 6.07) is 9.70. The Morgan fingerprint density at radius 3 is 2.59 bits per heavy atom. The Kier molecular flexibility index (Phi) is 6.25. The summed E-state index contributed by atoms with van der Waals surface area (Å²) in [5.74, 6) is 1.87. The van der Waals surface area contributed by atoms with Crippen molar-refractivity contribution in [3.05, 3.63) is 30.3 Å². The predicted octanol–water partition coefficient (Wildman–Crippen LogP) is 2.64. The summed E-state index contributed by atoms with van der Waals surface area (Å²) in [6.07, 6.45) is 2.25. The van der Waals surface area contributed by atoms with Crippen molar-refractivity contribution in [2.75, 3.05) is 33.3 Å². The van der Waals surface area contributed by atoms with Gasteiger partial charge < -0.3 is 9.64 Å². The van der Waals surface area contributed by atoms with Crippen LogP contribution in [0.15, 0.2) is 30.3 Å². The molecule has 0 saturated carbocycles. The summed E-state index contributed by atoms with van der Waals surface area (Å²) in [6.45, 7) is 7.39. The van der Waals surface area contributed by atoms with Gasteiger partial charge in [-0.2, -0.15) is 0 Å². The second-order valence-electron chi connectivity index (χ2n) is 6.33. The maximum absolute atomic E-state index is 12.5. The number of para-hydroxylation sites is 1. The van der Waals surface area contributed by atoms with Gasteiger partial charge >= 0.3 is 0 Å². The molecule has 1 aliphatic heterocycles. The van der Waals surface area contributed by atoms with Crippen LogP contribution in [-0.4, -0.2) is 55.0 Å². The molecule has 0 bridgehead atoms. The van der Waals surface area contributed by atoms with Gasteiger partial charge in [0.25, 0.3) is 0 Å². The first-order valence-corrected chi connectivity index (χ1v) is 8.25. The van der Waals surface area contributed by atoms with Crippen LogP contribution in [0.3, 0.4) is 0 Å². The minimum absolute atomic E-state index is 0.0900. The first kappa shape index (κ1) is 16.8. The lowest BCUT2D eigenvalue weighted by Crippen LogP contribution is -2.49. The van der Waals surface area contributed by atoms with E-state index in [1.165, 1.54) is 0 Å². The highest BCUT2D eigenvalue weighted by Crippen LogP contribution is 2.17. The molecule has 0 radical (unpaired) electrons. The molecule has 1 heterocycles. The largest absolute Gasteiger partial charge is 0.492 e. The fourth-order valence-electron chi connectivity index (χ4n) is 2.70. The molecule has 2 rings (SSSR count). The van der Waals surface area contributed by atoms with Crippen LogP contribution in [0.5, 0.6) is 5.75 Å². The van der Waals surface area contributed by atoms with Crippen LogP contribution in [0.1, 0.15) is 26.7 Å². The molecule has 1 aromatic carbocycles. The molecule has 1 amide bonds. The molecule has 1 fully saturated rings. The van der Waals surface area contributed by atoms with E-state index in [2.05, 4.69) is 11.8 Å². The number of likely N-dealkylation sites (N-methyl/N-ethyl adjacent to an activating group) is 1. The number of benzene rings is 1. The number of ether oxygens (including phenoxy) is 1. The van der Waals surface area contributed by atoms with Gasteiger partial charge in [0.15, 0.2) is 0 Å². The lowest BCUT2D eigenvalue weighted by molar-refractivity contribution is -0.137. The van der Waals surface area contributed by atoms with Gasteiger partial charge in [-0.3, -0.25) is 9.69 Å². The number of hydrogen-bond donors (Lipinski definition) is 0.